The molecule has 0 spiro atoms. The first-order chi connectivity index (χ1) is 9.58. The first-order valence-electron chi connectivity index (χ1n) is 5.76. The molecule has 7 nitrogen and oxygen atoms in total. The van der Waals surface area contributed by atoms with Gasteiger partial charge in [-0.1, -0.05) is 24.3 Å². The average molecular weight is 345 g/mol. The van der Waals surface area contributed by atoms with Gasteiger partial charge in [-0.3, -0.25) is 9.59 Å². The third-order valence-corrected chi connectivity index (χ3v) is 2.51. The van der Waals surface area contributed by atoms with E-state index >= 15 is 0 Å². The van der Waals surface area contributed by atoms with Crippen LogP contribution in [0.4, 0.5) is 11.4 Å². The van der Waals surface area contributed by atoms with Gasteiger partial charge in [-0.2, -0.15) is 0 Å². The van der Waals surface area contributed by atoms with E-state index in [0.29, 0.717) is 0 Å². The maximum Gasteiger partial charge on any atom is 0.314 e. The second-order valence-electron chi connectivity index (χ2n) is 3.94. The van der Waals surface area contributed by atoms with Crippen molar-refractivity contribution in [1.82, 2.24) is 0 Å². The molecule has 0 unspecified atom stereocenters. The Balaban J connectivity index is 0.00000220. The maximum atomic E-state index is 11.7. The van der Waals surface area contributed by atoms with Crippen molar-refractivity contribution >= 4 is 23.2 Å². The number of phenolic OH excluding ortho intramolecular Hbond substituents is 2. The molecule has 0 aromatic heterocycles. The van der Waals surface area contributed by atoms with E-state index in [1.165, 1.54) is 24.3 Å². The second-order valence-corrected chi connectivity index (χ2v) is 3.94. The number of amides is 2. The molecule has 0 bridgehead atoms. The van der Waals surface area contributed by atoms with Gasteiger partial charge in [0.25, 0.3) is 0 Å². The SMILES string of the molecule is O.O=C(Nc1ccccc1O)C(=O)Nc1ccccc1O.[Mn]. The van der Waals surface area contributed by atoms with Gasteiger partial charge in [0.1, 0.15) is 11.5 Å². The fraction of sp³-hybridized carbons (Fsp3) is 0. The van der Waals surface area contributed by atoms with E-state index < -0.39 is 11.8 Å². The van der Waals surface area contributed by atoms with Crippen molar-refractivity contribution in [3.05, 3.63) is 48.5 Å². The number of hydrogen-bond acceptors (Lipinski definition) is 4. The molecular weight excluding hydrogens is 331 g/mol. The standard InChI is InChI=1S/C14H12N2O4.Mn.H2O/c17-11-7-3-1-5-9(11)15-13(19)14(20)16-10-6-2-4-8-12(10)18;;/h1-8,17-18H,(H,15,19)(H,16,20);;1H2. The molecule has 0 heterocycles. The van der Waals surface area contributed by atoms with Gasteiger partial charge in [-0.05, 0) is 24.3 Å². The molecule has 0 saturated heterocycles. The Labute approximate surface area is 136 Å². The molecule has 6 N–H and O–H groups in total. The van der Waals surface area contributed by atoms with Crippen LogP contribution in [-0.4, -0.2) is 27.5 Å². The number of nitrogens with one attached hydrogen (secondary N) is 2. The van der Waals surface area contributed by atoms with E-state index in [2.05, 4.69) is 10.6 Å². The smallest absolute Gasteiger partial charge is 0.314 e. The number of benzene rings is 2. The molecule has 0 aliphatic rings. The van der Waals surface area contributed by atoms with Gasteiger partial charge in [-0.25, -0.2) is 0 Å². The molecule has 2 aromatic carbocycles. The van der Waals surface area contributed by atoms with Crippen LogP contribution in [0.25, 0.3) is 0 Å². The van der Waals surface area contributed by atoms with Crippen LogP contribution in [-0.2, 0) is 26.7 Å². The Morgan fingerprint density at radius 1 is 0.727 bits per heavy atom. The van der Waals surface area contributed by atoms with Crippen molar-refractivity contribution in [2.75, 3.05) is 10.6 Å². The van der Waals surface area contributed by atoms with E-state index in [1.54, 1.807) is 24.3 Å². The monoisotopic (exact) mass is 345 g/mol. The summed E-state index contributed by atoms with van der Waals surface area (Å²) < 4.78 is 0. The van der Waals surface area contributed by atoms with Crippen molar-refractivity contribution in [1.29, 1.82) is 0 Å². The zero-order valence-corrected chi connectivity index (χ0v) is 12.4. The summed E-state index contributed by atoms with van der Waals surface area (Å²) in [4.78, 5) is 23.3. The topological polar surface area (TPSA) is 130 Å². The van der Waals surface area contributed by atoms with Crippen LogP contribution in [0.2, 0.25) is 0 Å². The summed E-state index contributed by atoms with van der Waals surface area (Å²) >= 11 is 0. The van der Waals surface area contributed by atoms with Crippen LogP contribution in [0.5, 0.6) is 11.5 Å². The summed E-state index contributed by atoms with van der Waals surface area (Å²) in [6, 6.07) is 12.1. The van der Waals surface area contributed by atoms with Crippen LogP contribution in [0.3, 0.4) is 0 Å². The van der Waals surface area contributed by atoms with Gasteiger partial charge >= 0.3 is 11.8 Å². The molecule has 2 amide bonds. The van der Waals surface area contributed by atoms with Crippen molar-refractivity contribution in [3.63, 3.8) is 0 Å². The van der Waals surface area contributed by atoms with E-state index in [1.807, 2.05) is 0 Å². The minimum atomic E-state index is -0.949. The van der Waals surface area contributed by atoms with Gasteiger partial charge in [0, 0.05) is 17.1 Å². The molecule has 0 saturated carbocycles. The number of para-hydroxylation sites is 4. The average Bonchev–Trinajstić information content (AvgIpc) is 2.43. The van der Waals surface area contributed by atoms with Crippen molar-refractivity contribution in [2.45, 2.75) is 0 Å². The Morgan fingerprint density at radius 3 is 1.36 bits per heavy atom. The Morgan fingerprint density at radius 2 is 1.05 bits per heavy atom. The maximum absolute atomic E-state index is 11.7. The number of hydrogen-bond donors (Lipinski definition) is 4. The molecule has 0 atom stereocenters. The number of aromatic hydroxyl groups is 2. The summed E-state index contributed by atoms with van der Waals surface area (Å²) in [5, 5.41) is 23.5. The Hall–Kier alpha value is -2.54. The first-order valence-corrected chi connectivity index (χ1v) is 5.76. The number of phenols is 2. The normalized spacial score (nSPS) is 8.91. The molecule has 0 aliphatic carbocycles. The molecule has 8 heteroatoms. The van der Waals surface area contributed by atoms with Gasteiger partial charge < -0.3 is 26.3 Å². The molecule has 117 valence electrons. The first kappa shape index (κ1) is 19.5. The largest absolute Gasteiger partial charge is 0.506 e. The summed E-state index contributed by atoms with van der Waals surface area (Å²) in [5.41, 5.74) is 0.259. The van der Waals surface area contributed by atoms with Crippen LogP contribution in [0.1, 0.15) is 0 Å². The molecule has 0 aliphatic heterocycles. The Kier molecular flexibility index (Phi) is 7.68. The molecular formula is C14H14MnN2O5. The minimum Gasteiger partial charge on any atom is -0.506 e. The summed E-state index contributed by atoms with van der Waals surface area (Å²) in [5.74, 6) is -2.18. The third kappa shape index (κ3) is 4.78. The number of rotatable bonds is 2. The predicted molar refractivity (Wildman–Crippen MR) is 77.1 cm³/mol. The molecule has 1 radical (unpaired) electrons. The van der Waals surface area contributed by atoms with Crippen LogP contribution < -0.4 is 10.6 Å². The van der Waals surface area contributed by atoms with Crippen LogP contribution in [0, 0.1) is 0 Å². The Bertz CT molecular complexity index is 606. The quantitative estimate of drug-likeness (QED) is 0.365. The fourth-order valence-electron chi connectivity index (χ4n) is 1.52. The van der Waals surface area contributed by atoms with E-state index in [9.17, 15) is 19.8 Å². The second kappa shape index (κ2) is 8.68. The van der Waals surface area contributed by atoms with E-state index in [-0.39, 0.29) is 45.4 Å². The third-order valence-electron chi connectivity index (χ3n) is 2.51. The predicted octanol–water partition coefficient (Wildman–Crippen LogP) is 0.848. The van der Waals surface area contributed by atoms with Crippen molar-refractivity contribution in [3.8, 4) is 11.5 Å². The summed E-state index contributed by atoms with van der Waals surface area (Å²) in [6.45, 7) is 0. The zero-order valence-electron chi connectivity index (χ0n) is 11.2. The summed E-state index contributed by atoms with van der Waals surface area (Å²) in [6.07, 6.45) is 0. The van der Waals surface area contributed by atoms with Gasteiger partial charge in [0.05, 0.1) is 11.4 Å². The van der Waals surface area contributed by atoms with Crippen molar-refractivity contribution < 1.29 is 42.3 Å². The number of carbonyl (C=O) groups is 2. The molecule has 0 fully saturated rings. The van der Waals surface area contributed by atoms with Gasteiger partial charge in [0.15, 0.2) is 0 Å². The van der Waals surface area contributed by atoms with Gasteiger partial charge in [0.2, 0.25) is 0 Å². The number of anilines is 2. The van der Waals surface area contributed by atoms with Crippen molar-refractivity contribution in [2.24, 2.45) is 0 Å². The molecule has 22 heavy (non-hydrogen) atoms. The fourth-order valence-corrected chi connectivity index (χ4v) is 1.52. The van der Waals surface area contributed by atoms with E-state index in [4.69, 9.17) is 0 Å². The zero-order chi connectivity index (χ0) is 14.5. The number of carbonyl (C=O) groups excluding carboxylic acids is 2. The van der Waals surface area contributed by atoms with Crippen LogP contribution >= 0.6 is 0 Å². The summed E-state index contributed by atoms with van der Waals surface area (Å²) in [7, 11) is 0. The van der Waals surface area contributed by atoms with Gasteiger partial charge in [-0.15, -0.1) is 0 Å². The van der Waals surface area contributed by atoms with Crippen LogP contribution in [0.15, 0.2) is 48.5 Å². The molecule has 2 rings (SSSR count). The minimum absolute atomic E-state index is 0. The van der Waals surface area contributed by atoms with E-state index in [0.717, 1.165) is 0 Å². The molecule has 2 aromatic rings.